The Labute approximate surface area is 135 Å². The first-order valence-corrected chi connectivity index (χ1v) is 7.30. The van der Waals surface area contributed by atoms with Crippen molar-refractivity contribution in [2.45, 2.75) is 6.92 Å². The van der Waals surface area contributed by atoms with Crippen molar-refractivity contribution in [1.29, 1.82) is 0 Å². The molecule has 0 aliphatic heterocycles. The summed E-state index contributed by atoms with van der Waals surface area (Å²) in [5, 5.41) is 6.53. The lowest BCUT2D eigenvalue weighted by atomic mass is 10.2. The minimum Gasteiger partial charge on any atom is -0.308 e. The van der Waals surface area contributed by atoms with E-state index in [1.165, 1.54) is 0 Å². The number of aryl methyl sites for hydroxylation is 1. The highest BCUT2D eigenvalue weighted by molar-refractivity contribution is 9.10. The number of hydrogen-bond acceptors (Lipinski definition) is 1. The molecule has 6 heteroatoms. The standard InChI is InChI=1S/C14H11BrCl2N2O/c1-8-2-3-9(6-12(8)16)18-14(20)19-10-4-5-11(15)13(17)7-10/h2-7H,1H3,(H2,18,19,20). The summed E-state index contributed by atoms with van der Waals surface area (Å²) < 4.78 is 0.774. The van der Waals surface area contributed by atoms with Crippen molar-refractivity contribution in [3.8, 4) is 0 Å². The van der Waals surface area contributed by atoms with Crippen LogP contribution >= 0.6 is 39.1 Å². The second kappa shape index (κ2) is 6.48. The summed E-state index contributed by atoms with van der Waals surface area (Å²) in [5.41, 5.74) is 2.19. The minimum atomic E-state index is -0.358. The summed E-state index contributed by atoms with van der Waals surface area (Å²) in [7, 11) is 0. The quantitative estimate of drug-likeness (QED) is 0.695. The molecule has 0 atom stereocenters. The van der Waals surface area contributed by atoms with Crippen LogP contribution in [0.4, 0.5) is 16.2 Å². The Kier molecular flexibility index (Phi) is 4.91. The average molecular weight is 374 g/mol. The van der Waals surface area contributed by atoms with E-state index in [1.807, 2.05) is 13.0 Å². The van der Waals surface area contributed by atoms with Gasteiger partial charge in [0.15, 0.2) is 0 Å². The van der Waals surface area contributed by atoms with E-state index in [0.717, 1.165) is 10.0 Å². The Balaban J connectivity index is 2.04. The predicted octanol–water partition coefficient (Wildman–Crippen LogP) is 5.71. The van der Waals surface area contributed by atoms with E-state index >= 15 is 0 Å². The highest BCUT2D eigenvalue weighted by Crippen LogP contribution is 2.25. The molecule has 2 amide bonds. The Morgan fingerprint density at radius 2 is 1.55 bits per heavy atom. The summed E-state index contributed by atoms with van der Waals surface area (Å²) in [5.74, 6) is 0. The van der Waals surface area contributed by atoms with Crippen LogP contribution in [0.3, 0.4) is 0 Å². The molecule has 0 spiro atoms. The van der Waals surface area contributed by atoms with Crippen LogP contribution in [0.5, 0.6) is 0 Å². The number of rotatable bonds is 2. The predicted molar refractivity (Wildman–Crippen MR) is 88.0 cm³/mol. The van der Waals surface area contributed by atoms with Crippen molar-refractivity contribution in [2.75, 3.05) is 10.6 Å². The van der Waals surface area contributed by atoms with Crippen LogP contribution in [0.1, 0.15) is 5.56 Å². The number of halogens is 3. The molecule has 0 aliphatic carbocycles. The highest BCUT2D eigenvalue weighted by atomic mass is 79.9. The molecule has 0 unspecified atom stereocenters. The van der Waals surface area contributed by atoms with Crippen molar-refractivity contribution < 1.29 is 4.79 Å². The molecule has 2 aromatic rings. The van der Waals surface area contributed by atoms with E-state index in [1.54, 1.807) is 30.3 Å². The third-order valence-electron chi connectivity index (χ3n) is 2.61. The third-order valence-corrected chi connectivity index (χ3v) is 4.25. The average Bonchev–Trinajstić information content (AvgIpc) is 2.38. The molecule has 0 aromatic heterocycles. The van der Waals surface area contributed by atoms with Gasteiger partial charge in [0.2, 0.25) is 0 Å². The lowest BCUT2D eigenvalue weighted by molar-refractivity contribution is 0.262. The van der Waals surface area contributed by atoms with Crippen LogP contribution in [0.2, 0.25) is 10.0 Å². The SMILES string of the molecule is Cc1ccc(NC(=O)Nc2ccc(Br)c(Cl)c2)cc1Cl. The summed E-state index contributed by atoms with van der Waals surface area (Å²) in [6.45, 7) is 1.90. The van der Waals surface area contributed by atoms with Crippen LogP contribution in [0.15, 0.2) is 40.9 Å². The Morgan fingerprint density at radius 3 is 2.10 bits per heavy atom. The fourth-order valence-corrected chi connectivity index (χ4v) is 2.15. The van der Waals surface area contributed by atoms with Gasteiger partial charge in [-0.15, -0.1) is 0 Å². The minimum absolute atomic E-state index is 0.358. The number of carbonyl (C=O) groups excluding carboxylic acids is 1. The molecule has 0 aliphatic rings. The second-order valence-corrected chi connectivity index (χ2v) is 5.84. The van der Waals surface area contributed by atoms with E-state index in [2.05, 4.69) is 26.6 Å². The van der Waals surface area contributed by atoms with Crippen LogP contribution in [-0.2, 0) is 0 Å². The molecule has 2 rings (SSSR count). The van der Waals surface area contributed by atoms with Crippen molar-refractivity contribution in [3.63, 3.8) is 0 Å². The summed E-state index contributed by atoms with van der Waals surface area (Å²) in [6.07, 6.45) is 0. The van der Waals surface area contributed by atoms with E-state index in [0.29, 0.717) is 21.4 Å². The van der Waals surface area contributed by atoms with Crippen LogP contribution in [-0.4, -0.2) is 6.03 Å². The lowest BCUT2D eigenvalue weighted by Gasteiger charge is -2.09. The Hall–Kier alpha value is -1.23. The maximum atomic E-state index is 11.9. The number of carbonyl (C=O) groups is 1. The summed E-state index contributed by atoms with van der Waals surface area (Å²) >= 11 is 15.3. The topological polar surface area (TPSA) is 41.1 Å². The number of anilines is 2. The monoisotopic (exact) mass is 372 g/mol. The van der Waals surface area contributed by atoms with Gasteiger partial charge in [0.25, 0.3) is 0 Å². The first kappa shape index (κ1) is 15.2. The molecule has 0 heterocycles. The van der Waals surface area contributed by atoms with Crippen molar-refractivity contribution >= 4 is 56.5 Å². The molecule has 0 fully saturated rings. The zero-order valence-electron chi connectivity index (χ0n) is 10.5. The van der Waals surface area contributed by atoms with Gasteiger partial charge in [-0.2, -0.15) is 0 Å². The molecule has 2 aromatic carbocycles. The fraction of sp³-hybridized carbons (Fsp3) is 0.0714. The fourth-order valence-electron chi connectivity index (χ4n) is 1.54. The summed E-state index contributed by atoms with van der Waals surface area (Å²) in [6, 6.07) is 10.1. The van der Waals surface area contributed by atoms with Crippen molar-refractivity contribution in [2.24, 2.45) is 0 Å². The molecular formula is C14H11BrCl2N2O. The first-order valence-electron chi connectivity index (χ1n) is 5.75. The number of benzene rings is 2. The van der Waals surface area contributed by atoms with Gasteiger partial charge in [-0.05, 0) is 58.7 Å². The first-order chi connectivity index (χ1) is 9.45. The normalized spacial score (nSPS) is 10.2. The number of urea groups is 1. The lowest BCUT2D eigenvalue weighted by Crippen LogP contribution is -2.19. The van der Waals surface area contributed by atoms with Crippen LogP contribution in [0.25, 0.3) is 0 Å². The van der Waals surface area contributed by atoms with Crippen LogP contribution in [0, 0.1) is 6.92 Å². The maximum Gasteiger partial charge on any atom is 0.323 e. The van der Waals surface area contributed by atoms with Gasteiger partial charge >= 0.3 is 6.03 Å². The molecule has 0 saturated heterocycles. The summed E-state index contributed by atoms with van der Waals surface area (Å²) in [4.78, 5) is 11.9. The maximum absolute atomic E-state index is 11.9. The Bertz CT molecular complexity index is 606. The van der Waals surface area contributed by atoms with E-state index in [-0.39, 0.29) is 6.03 Å². The second-order valence-electron chi connectivity index (χ2n) is 4.17. The van der Waals surface area contributed by atoms with Gasteiger partial charge in [-0.25, -0.2) is 4.79 Å². The smallest absolute Gasteiger partial charge is 0.308 e. The van der Waals surface area contributed by atoms with Crippen LogP contribution < -0.4 is 10.6 Å². The van der Waals surface area contributed by atoms with Gasteiger partial charge in [-0.3, -0.25) is 0 Å². The van der Waals surface area contributed by atoms with E-state index in [4.69, 9.17) is 23.2 Å². The van der Waals surface area contributed by atoms with E-state index in [9.17, 15) is 4.79 Å². The molecule has 2 N–H and O–H groups in total. The largest absolute Gasteiger partial charge is 0.323 e. The zero-order chi connectivity index (χ0) is 14.7. The third kappa shape index (κ3) is 3.88. The molecule has 0 bridgehead atoms. The number of nitrogens with one attached hydrogen (secondary N) is 2. The molecule has 0 radical (unpaired) electrons. The van der Waals surface area contributed by atoms with E-state index < -0.39 is 0 Å². The molecule has 20 heavy (non-hydrogen) atoms. The van der Waals surface area contributed by atoms with Gasteiger partial charge in [-0.1, -0.05) is 29.3 Å². The Morgan fingerprint density at radius 1 is 1.00 bits per heavy atom. The van der Waals surface area contributed by atoms with Crippen molar-refractivity contribution in [3.05, 3.63) is 56.5 Å². The molecular weight excluding hydrogens is 363 g/mol. The van der Waals surface area contributed by atoms with Gasteiger partial charge in [0.05, 0.1) is 5.02 Å². The number of amides is 2. The van der Waals surface area contributed by atoms with Crippen molar-refractivity contribution in [1.82, 2.24) is 0 Å². The molecule has 104 valence electrons. The number of hydrogen-bond donors (Lipinski definition) is 2. The van der Waals surface area contributed by atoms with Gasteiger partial charge in [0.1, 0.15) is 0 Å². The highest BCUT2D eigenvalue weighted by Gasteiger charge is 2.05. The molecule has 0 saturated carbocycles. The van der Waals surface area contributed by atoms with Gasteiger partial charge < -0.3 is 10.6 Å². The van der Waals surface area contributed by atoms with Gasteiger partial charge in [0, 0.05) is 20.9 Å². The zero-order valence-corrected chi connectivity index (χ0v) is 13.6. The molecule has 3 nitrogen and oxygen atoms in total.